The van der Waals surface area contributed by atoms with E-state index in [-0.39, 0.29) is 0 Å². The number of hydrogen-bond donors (Lipinski definition) is 1. The Morgan fingerprint density at radius 3 is 2.78 bits per heavy atom. The van der Waals surface area contributed by atoms with Crippen molar-refractivity contribution in [3.63, 3.8) is 0 Å². The molecule has 1 unspecified atom stereocenters. The number of piperidine rings is 1. The van der Waals surface area contributed by atoms with Crippen LogP contribution in [0.5, 0.6) is 0 Å². The van der Waals surface area contributed by atoms with Crippen molar-refractivity contribution in [1.82, 2.24) is 5.32 Å². The molecular formula is C7H14FN. The summed E-state index contributed by atoms with van der Waals surface area (Å²) >= 11 is 0. The molecule has 2 heteroatoms. The maximum atomic E-state index is 12.6. The Kier molecular flexibility index (Phi) is 2.46. The molecule has 1 nitrogen and oxygen atoms in total. The Labute approximate surface area is 55.6 Å². The lowest BCUT2D eigenvalue weighted by Crippen LogP contribution is -2.36. The summed E-state index contributed by atoms with van der Waals surface area (Å²) in [6.45, 7) is 3.69. The Bertz CT molecular complexity index is 85.0. The third-order valence-electron chi connectivity index (χ3n) is 1.97. The Hall–Kier alpha value is -0.110. The lowest BCUT2D eigenvalue weighted by Gasteiger charge is -2.24. The summed E-state index contributed by atoms with van der Waals surface area (Å²) in [5.41, 5.74) is 0. The summed E-state index contributed by atoms with van der Waals surface area (Å²) in [7, 11) is 0. The second kappa shape index (κ2) is 3.16. The average Bonchev–Trinajstić information content (AvgIpc) is 1.88. The third kappa shape index (κ3) is 1.94. The van der Waals surface area contributed by atoms with Crippen molar-refractivity contribution in [2.24, 2.45) is 5.92 Å². The normalized spacial score (nSPS) is 36.7. The summed E-state index contributed by atoms with van der Waals surface area (Å²) in [4.78, 5) is 0. The molecule has 0 spiro atoms. The quantitative estimate of drug-likeness (QED) is 0.566. The van der Waals surface area contributed by atoms with E-state index < -0.39 is 6.17 Å². The van der Waals surface area contributed by atoms with Gasteiger partial charge in [-0.05, 0) is 18.9 Å². The van der Waals surface area contributed by atoms with Gasteiger partial charge in [0.15, 0.2) is 0 Å². The Balaban J connectivity index is 2.23. The monoisotopic (exact) mass is 131 g/mol. The molecule has 1 rings (SSSR count). The van der Waals surface area contributed by atoms with Crippen molar-refractivity contribution in [2.45, 2.75) is 25.9 Å². The van der Waals surface area contributed by atoms with Crippen LogP contribution >= 0.6 is 0 Å². The summed E-state index contributed by atoms with van der Waals surface area (Å²) in [5, 5.41) is 3.06. The highest BCUT2D eigenvalue weighted by Gasteiger charge is 2.18. The third-order valence-corrected chi connectivity index (χ3v) is 1.97. The fourth-order valence-corrected chi connectivity index (χ4v) is 1.28. The molecule has 0 aliphatic carbocycles. The minimum atomic E-state index is -0.594. The first-order chi connectivity index (χ1) is 4.33. The van der Waals surface area contributed by atoms with Crippen LogP contribution < -0.4 is 5.32 Å². The van der Waals surface area contributed by atoms with Crippen LogP contribution in [0, 0.1) is 5.92 Å². The molecule has 9 heavy (non-hydrogen) atoms. The fraction of sp³-hybridized carbons (Fsp3) is 1.00. The highest BCUT2D eigenvalue weighted by Crippen LogP contribution is 2.15. The van der Waals surface area contributed by atoms with Crippen LogP contribution in [-0.4, -0.2) is 19.3 Å². The van der Waals surface area contributed by atoms with E-state index in [9.17, 15) is 4.39 Å². The molecule has 1 saturated heterocycles. The molecule has 0 aromatic heterocycles. The minimum absolute atomic E-state index is 0.566. The minimum Gasteiger partial charge on any atom is -0.314 e. The van der Waals surface area contributed by atoms with Crippen molar-refractivity contribution in [1.29, 1.82) is 0 Å². The van der Waals surface area contributed by atoms with Crippen molar-refractivity contribution in [3.05, 3.63) is 0 Å². The van der Waals surface area contributed by atoms with Gasteiger partial charge >= 0.3 is 0 Å². The van der Waals surface area contributed by atoms with Gasteiger partial charge in [-0.3, -0.25) is 0 Å². The number of hydrogen-bond acceptors (Lipinski definition) is 1. The molecule has 0 aromatic carbocycles. The van der Waals surface area contributed by atoms with Crippen LogP contribution in [-0.2, 0) is 0 Å². The lowest BCUT2D eigenvalue weighted by molar-refractivity contribution is 0.211. The van der Waals surface area contributed by atoms with Gasteiger partial charge in [0.1, 0.15) is 6.17 Å². The standard InChI is InChI=1S/C7H14FN/c1-2-6-3-7(8)5-9-4-6/h6-7,9H,2-5H2,1H3/t6?,7-/m0/s1. The van der Waals surface area contributed by atoms with Crippen molar-refractivity contribution < 1.29 is 4.39 Å². The van der Waals surface area contributed by atoms with E-state index in [0.717, 1.165) is 19.4 Å². The molecule has 2 atom stereocenters. The van der Waals surface area contributed by atoms with E-state index in [4.69, 9.17) is 0 Å². The largest absolute Gasteiger partial charge is 0.314 e. The van der Waals surface area contributed by atoms with Gasteiger partial charge in [-0.25, -0.2) is 4.39 Å². The predicted molar refractivity (Wildman–Crippen MR) is 36.2 cm³/mol. The zero-order valence-corrected chi connectivity index (χ0v) is 5.86. The molecular weight excluding hydrogens is 117 g/mol. The van der Waals surface area contributed by atoms with Gasteiger partial charge in [-0.15, -0.1) is 0 Å². The van der Waals surface area contributed by atoms with Gasteiger partial charge in [0.2, 0.25) is 0 Å². The SMILES string of the molecule is CCC1CNC[C@@H](F)C1. The first kappa shape index (κ1) is 7.00. The maximum Gasteiger partial charge on any atom is 0.113 e. The van der Waals surface area contributed by atoms with Gasteiger partial charge in [0.25, 0.3) is 0 Å². The van der Waals surface area contributed by atoms with Crippen molar-refractivity contribution in [2.75, 3.05) is 13.1 Å². The topological polar surface area (TPSA) is 12.0 Å². The summed E-state index contributed by atoms with van der Waals surface area (Å²) in [6.07, 6.45) is 1.28. The maximum absolute atomic E-state index is 12.6. The molecule has 0 bridgehead atoms. The number of nitrogens with one attached hydrogen (secondary N) is 1. The second-order valence-electron chi connectivity index (χ2n) is 2.77. The highest BCUT2D eigenvalue weighted by molar-refractivity contribution is 4.74. The predicted octanol–water partition coefficient (Wildman–Crippen LogP) is 1.34. The van der Waals surface area contributed by atoms with Gasteiger partial charge in [-0.2, -0.15) is 0 Å². The Morgan fingerprint density at radius 1 is 1.56 bits per heavy atom. The van der Waals surface area contributed by atoms with E-state index in [0.29, 0.717) is 12.5 Å². The molecule has 54 valence electrons. The Morgan fingerprint density at radius 2 is 2.33 bits per heavy atom. The summed E-state index contributed by atoms with van der Waals surface area (Å²) in [6, 6.07) is 0. The van der Waals surface area contributed by atoms with Crippen molar-refractivity contribution in [3.8, 4) is 0 Å². The highest BCUT2D eigenvalue weighted by atomic mass is 19.1. The second-order valence-corrected chi connectivity index (χ2v) is 2.77. The van der Waals surface area contributed by atoms with Gasteiger partial charge in [-0.1, -0.05) is 13.3 Å². The lowest BCUT2D eigenvalue weighted by atomic mass is 9.96. The van der Waals surface area contributed by atoms with Crippen LogP contribution in [0.15, 0.2) is 0 Å². The van der Waals surface area contributed by atoms with E-state index in [1.807, 2.05) is 0 Å². The van der Waals surface area contributed by atoms with Crippen molar-refractivity contribution >= 4 is 0 Å². The van der Waals surface area contributed by atoms with E-state index in [2.05, 4.69) is 12.2 Å². The van der Waals surface area contributed by atoms with E-state index in [1.165, 1.54) is 0 Å². The van der Waals surface area contributed by atoms with Gasteiger partial charge in [0, 0.05) is 6.54 Å². The molecule has 0 radical (unpaired) electrons. The van der Waals surface area contributed by atoms with Gasteiger partial charge < -0.3 is 5.32 Å². The van der Waals surface area contributed by atoms with Crippen LogP contribution in [0.1, 0.15) is 19.8 Å². The molecule has 1 aliphatic rings. The zero-order valence-electron chi connectivity index (χ0n) is 5.86. The smallest absolute Gasteiger partial charge is 0.113 e. The molecule has 0 saturated carbocycles. The molecule has 1 fully saturated rings. The van der Waals surface area contributed by atoms with E-state index in [1.54, 1.807) is 0 Å². The summed E-state index contributed by atoms with van der Waals surface area (Å²) < 4.78 is 12.6. The van der Waals surface area contributed by atoms with Gasteiger partial charge in [0.05, 0.1) is 0 Å². The molecule has 1 heterocycles. The average molecular weight is 131 g/mol. The van der Waals surface area contributed by atoms with Crippen LogP contribution in [0.3, 0.4) is 0 Å². The number of rotatable bonds is 1. The summed E-state index contributed by atoms with van der Waals surface area (Å²) in [5.74, 6) is 0.578. The van der Waals surface area contributed by atoms with Crippen LogP contribution in [0.2, 0.25) is 0 Å². The molecule has 0 aromatic rings. The molecule has 1 aliphatic heterocycles. The zero-order chi connectivity index (χ0) is 6.69. The first-order valence-corrected chi connectivity index (χ1v) is 3.67. The molecule has 0 amide bonds. The van der Waals surface area contributed by atoms with E-state index >= 15 is 0 Å². The number of halogens is 1. The first-order valence-electron chi connectivity index (χ1n) is 3.67. The number of alkyl halides is 1. The van der Waals surface area contributed by atoms with Crippen LogP contribution in [0.25, 0.3) is 0 Å². The molecule has 1 N–H and O–H groups in total. The fourth-order valence-electron chi connectivity index (χ4n) is 1.28. The van der Waals surface area contributed by atoms with Crippen LogP contribution in [0.4, 0.5) is 4.39 Å².